The van der Waals surface area contributed by atoms with E-state index in [4.69, 9.17) is 10.5 Å². The number of halogens is 1. The van der Waals surface area contributed by atoms with Crippen LogP contribution in [0, 0.1) is 0 Å². The van der Waals surface area contributed by atoms with E-state index in [1.165, 1.54) is 0 Å². The summed E-state index contributed by atoms with van der Waals surface area (Å²) < 4.78 is 20.5. The number of nitrogens with zero attached hydrogens (tertiary/aromatic N) is 3. The minimum absolute atomic E-state index is 0.0465. The highest BCUT2D eigenvalue weighted by atomic mass is 19.1. The molecule has 0 bridgehead atoms. The standard InChI is InChI=1S/C22H26FN5O/c1-28-10-6-22(23,7-11-28)15-29-20-12-16(4-8-25-20)14-27-18-2-3-19-17(13-18)5-9-26-21(19)24/h2-5,8-9,12-13,27H,6-7,10-11,14-15H2,1H3,(H2,24,26). The molecule has 3 heterocycles. The number of nitrogens with one attached hydrogen (secondary N) is 1. The average Bonchev–Trinajstić information content (AvgIpc) is 2.74. The minimum atomic E-state index is -1.27. The fraction of sp³-hybridized carbons (Fsp3) is 0.364. The number of pyridine rings is 2. The maximum atomic E-state index is 14.9. The SMILES string of the molecule is CN1CCC(F)(COc2cc(CNc3ccc4c(N)nccc4c3)ccn2)CC1. The molecule has 152 valence electrons. The zero-order valence-electron chi connectivity index (χ0n) is 16.6. The minimum Gasteiger partial charge on any atom is -0.474 e. The van der Waals surface area contributed by atoms with Gasteiger partial charge in [0.25, 0.3) is 0 Å². The number of ether oxygens (including phenoxy) is 1. The molecular weight excluding hydrogens is 369 g/mol. The molecule has 1 aliphatic heterocycles. The van der Waals surface area contributed by atoms with Crippen LogP contribution in [0.3, 0.4) is 0 Å². The molecule has 0 aliphatic carbocycles. The molecule has 3 N–H and O–H groups in total. The molecule has 1 aliphatic rings. The highest BCUT2D eigenvalue weighted by Crippen LogP contribution is 2.27. The van der Waals surface area contributed by atoms with E-state index in [-0.39, 0.29) is 6.61 Å². The quantitative estimate of drug-likeness (QED) is 0.664. The van der Waals surface area contributed by atoms with Gasteiger partial charge in [0.2, 0.25) is 5.88 Å². The van der Waals surface area contributed by atoms with E-state index >= 15 is 0 Å². The number of hydrogen-bond donors (Lipinski definition) is 2. The lowest BCUT2D eigenvalue weighted by molar-refractivity contribution is 0.0230. The summed E-state index contributed by atoms with van der Waals surface area (Å²) in [5, 5.41) is 5.37. The first-order valence-corrected chi connectivity index (χ1v) is 9.84. The molecule has 1 fully saturated rings. The van der Waals surface area contributed by atoms with Crippen LogP contribution in [0.15, 0.2) is 48.8 Å². The fourth-order valence-corrected chi connectivity index (χ4v) is 3.52. The molecule has 1 aromatic carbocycles. The summed E-state index contributed by atoms with van der Waals surface area (Å²) in [6, 6.07) is 11.7. The largest absolute Gasteiger partial charge is 0.474 e. The van der Waals surface area contributed by atoms with E-state index in [2.05, 4.69) is 20.2 Å². The number of rotatable bonds is 6. The number of hydrogen-bond acceptors (Lipinski definition) is 6. The van der Waals surface area contributed by atoms with Crippen LogP contribution in [-0.4, -0.2) is 47.3 Å². The van der Waals surface area contributed by atoms with Gasteiger partial charge >= 0.3 is 0 Å². The van der Waals surface area contributed by atoms with E-state index in [1.807, 2.05) is 43.4 Å². The molecule has 0 radical (unpaired) electrons. The second-order valence-electron chi connectivity index (χ2n) is 7.73. The van der Waals surface area contributed by atoms with Gasteiger partial charge in [0.05, 0.1) is 0 Å². The zero-order chi connectivity index (χ0) is 20.3. The Morgan fingerprint density at radius 3 is 2.76 bits per heavy atom. The third-order valence-corrected chi connectivity index (χ3v) is 5.45. The first-order chi connectivity index (χ1) is 14.0. The third-order valence-electron chi connectivity index (χ3n) is 5.45. The van der Waals surface area contributed by atoms with Crippen LogP contribution >= 0.6 is 0 Å². The van der Waals surface area contributed by atoms with Crippen molar-refractivity contribution in [3.05, 3.63) is 54.4 Å². The average molecular weight is 395 g/mol. The normalized spacial score (nSPS) is 16.6. The van der Waals surface area contributed by atoms with Crippen molar-refractivity contribution in [3.8, 4) is 5.88 Å². The monoisotopic (exact) mass is 395 g/mol. The second kappa shape index (κ2) is 8.21. The molecule has 2 aromatic heterocycles. The van der Waals surface area contributed by atoms with Crippen molar-refractivity contribution in [2.45, 2.75) is 25.1 Å². The first kappa shape index (κ1) is 19.4. The van der Waals surface area contributed by atoms with E-state index in [0.29, 0.717) is 31.1 Å². The molecule has 6 nitrogen and oxygen atoms in total. The number of nitrogens with two attached hydrogens (primary N) is 1. The summed E-state index contributed by atoms with van der Waals surface area (Å²) in [5.74, 6) is 0.984. The number of fused-ring (bicyclic) bond motifs is 1. The summed E-state index contributed by atoms with van der Waals surface area (Å²) in [5.41, 5.74) is 6.63. The van der Waals surface area contributed by atoms with Gasteiger partial charge in [-0.05, 0) is 61.2 Å². The highest BCUT2D eigenvalue weighted by Gasteiger charge is 2.34. The summed E-state index contributed by atoms with van der Waals surface area (Å²) in [6.45, 7) is 2.16. The summed E-state index contributed by atoms with van der Waals surface area (Å²) in [7, 11) is 2.01. The first-order valence-electron chi connectivity index (χ1n) is 9.84. The van der Waals surface area contributed by atoms with Gasteiger partial charge in [-0.25, -0.2) is 14.4 Å². The highest BCUT2D eigenvalue weighted by molar-refractivity contribution is 5.92. The van der Waals surface area contributed by atoms with Crippen LogP contribution in [-0.2, 0) is 6.54 Å². The molecule has 0 amide bonds. The molecule has 0 spiro atoms. The van der Waals surface area contributed by atoms with Crippen molar-refractivity contribution < 1.29 is 9.13 Å². The number of nitrogen functional groups attached to an aromatic ring is 1. The van der Waals surface area contributed by atoms with E-state index in [1.54, 1.807) is 12.4 Å². The Hall–Kier alpha value is -2.93. The lowest BCUT2D eigenvalue weighted by Gasteiger charge is -2.33. The molecule has 7 heteroatoms. The lowest BCUT2D eigenvalue weighted by atomic mass is 9.95. The van der Waals surface area contributed by atoms with Gasteiger partial charge in [0, 0.05) is 49.2 Å². The second-order valence-corrected chi connectivity index (χ2v) is 7.73. The zero-order valence-corrected chi connectivity index (χ0v) is 16.6. The maximum Gasteiger partial charge on any atom is 0.213 e. The smallest absolute Gasteiger partial charge is 0.213 e. The molecule has 29 heavy (non-hydrogen) atoms. The van der Waals surface area contributed by atoms with Gasteiger partial charge in [0.15, 0.2) is 0 Å². The van der Waals surface area contributed by atoms with Gasteiger partial charge in [-0.3, -0.25) is 0 Å². The number of aromatic nitrogens is 2. The Kier molecular flexibility index (Phi) is 5.49. The summed E-state index contributed by atoms with van der Waals surface area (Å²) in [4.78, 5) is 10.5. The van der Waals surface area contributed by atoms with Gasteiger partial charge in [0.1, 0.15) is 18.1 Å². The van der Waals surface area contributed by atoms with Crippen molar-refractivity contribution >= 4 is 22.3 Å². The maximum absolute atomic E-state index is 14.9. The molecule has 1 saturated heterocycles. The van der Waals surface area contributed by atoms with E-state index < -0.39 is 5.67 Å². The van der Waals surface area contributed by atoms with Crippen LogP contribution in [0.5, 0.6) is 5.88 Å². The molecule has 3 aromatic rings. The van der Waals surface area contributed by atoms with Gasteiger partial charge in [-0.1, -0.05) is 0 Å². The molecular formula is C22H26FN5O. The Balaban J connectivity index is 1.36. The number of alkyl halides is 1. The number of piperidine rings is 1. The Labute approximate surface area is 169 Å². The van der Waals surface area contributed by atoms with Crippen LogP contribution in [0.2, 0.25) is 0 Å². The third kappa shape index (κ3) is 4.74. The Bertz CT molecular complexity index is 988. The number of likely N-dealkylation sites (tertiary alicyclic amines) is 1. The predicted molar refractivity (Wildman–Crippen MR) is 114 cm³/mol. The van der Waals surface area contributed by atoms with Crippen LogP contribution in [0.4, 0.5) is 15.9 Å². The Morgan fingerprint density at radius 1 is 1.14 bits per heavy atom. The van der Waals surface area contributed by atoms with E-state index in [0.717, 1.165) is 35.1 Å². The number of anilines is 2. The summed E-state index contributed by atoms with van der Waals surface area (Å²) in [6.07, 6.45) is 4.38. The van der Waals surface area contributed by atoms with Crippen molar-refractivity contribution in [3.63, 3.8) is 0 Å². The lowest BCUT2D eigenvalue weighted by Crippen LogP contribution is -2.43. The molecule has 4 rings (SSSR count). The van der Waals surface area contributed by atoms with Gasteiger partial charge in [-0.2, -0.15) is 0 Å². The molecule has 0 saturated carbocycles. The number of benzene rings is 1. The van der Waals surface area contributed by atoms with Crippen LogP contribution < -0.4 is 15.8 Å². The van der Waals surface area contributed by atoms with Crippen molar-refractivity contribution in [1.82, 2.24) is 14.9 Å². The predicted octanol–water partition coefficient (Wildman–Crippen LogP) is 3.64. The molecule has 0 atom stereocenters. The fourth-order valence-electron chi connectivity index (χ4n) is 3.52. The van der Waals surface area contributed by atoms with Crippen molar-refractivity contribution in [2.24, 2.45) is 0 Å². The van der Waals surface area contributed by atoms with Crippen molar-refractivity contribution in [1.29, 1.82) is 0 Å². The summed E-state index contributed by atoms with van der Waals surface area (Å²) >= 11 is 0. The van der Waals surface area contributed by atoms with E-state index in [9.17, 15) is 4.39 Å². The van der Waals surface area contributed by atoms with Crippen LogP contribution in [0.1, 0.15) is 18.4 Å². The molecule has 0 unspecified atom stereocenters. The van der Waals surface area contributed by atoms with Crippen molar-refractivity contribution in [2.75, 3.05) is 37.8 Å². The Morgan fingerprint density at radius 2 is 1.93 bits per heavy atom. The van der Waals surface area contributed by atoms with Crippen LogP contribution in [0.25, 0.3) is 10.8 Å². The topological polar surface area (TPSA) is 76.3 Å². The van der Waals surface area contributed by atoms with Gasteiger partial charge < -0.3 is 20.7 Å². The van der Waals surface area contributed by atoms with Gasteiger partial charge in [-0.15, -0.1) is 0 Å².